The molecule has 1 aromatic rings. The standard InChI is InChI=1S/C18H25NO3/c1-12-13-5-7-20-17-10-14(19)2-3-16(17)15(12)4-6-18(11-13)21-8-9-22-18/h2-3,10,12-13,15H,4-9,11,19H2,1H3/t12?,13-,15-/m0/s1. The number of nitrogens with two attached hydrogens (primary N) is 1. The number of fused-ring (bicyclic) bond motifs is 4. The van der Waals surface area contributed by atoms with E-state index in [1.54, 1.807) is 0 Å². The molecule has 0 radical (unpaired) electrons. The molecule has 1 aromatic carbocycles. The lowest BCUT2D eigenvalue weighted by Gasteiger charge is -2.34. The number of anilines is 1. The Labute approximate surface area is 131 Å². The van der Waals surface area contributed by atoms with Gasteiger partial charge in [0.25, 0.3) is 0 Å². The zero-order valence-corrected chi connectivity index (χ0v) is 13.2. The molecule has 0 amide bonds. The summed E-state index contributed by atoms with van der Waals surface area (Å²) in [6.07, 6.45) is 4.11. The third-order valence-corrected chi connectivity index (χ3v) is 5.78. The van der Waals surface area contributed by atoms with Crippen molar-refractivity contribution in [2.75, 3.05) is 25.6 Å². The van der Waals surface area contributed by atoms with Crippen LogP contribution in [0.3, 0.4) is 0 Å². The third kappa shape index (κ3) is 2.38. The van der Waals surface area contributed by atoms with Gasteiger partial charge in [0.15, 0.2) is 5.79 Å². The number of benzene rings is 1. The maximum atomic E-state index is 6.04. The summed E-state index contributed by atoms with van der Waals surface area (Å²) in [7, 11) is 0. The molecular formula is C18H25NO3. The summed E-state index contributed by atoms with van der Waals surface area (Å²) < 4.78 is 18.1. The van der Waals surface area contributed by atoms with E-state index in [9.17, 15) is 0 Å². The highest BCUT2D eigenvalue weighted by Crippen LogP contribution is 2.50. The van der Waals surface area contributed by atoms with E-state index in [-0.39, 0.29) is 5.79 Å². The number of nitrogen functional groups attached to an aromatic ring is 1. The van der Waals surface area contributed by atoms with Gasteiger partial charge in [-0.2, -0.15) is 0 Å². The van der Waals surface area contributed by atoms with Crippen LogP contribution in [0.4, 0.5) is 5.69 Å². The fraction of sp³-hybridized carbons (Fsp3) is 0.667. The van der Waals surface area contributed by atoms with Gasteiger partial charge in [0.2, 0.25) is 0 Å². The van der Waals surface area contributed by atoms with E-state index in [0.717, 1.165) is 56.9 Å². The summed E-state index contributed by atoms with van der Waals surface area (Å²) in [5, 5.41) is 0. The summed E-state index contributed by atoms with van der Waals surface area (Å²) in [4.78, 5) is 0. The van der Waals surface area contributed by atoms with Crippen LogP contribution in [0.15, 0.2) is 18.2 Å². The van der Waals surface area contributed by atoms with Crippen LogP contribution in [0.5, 0.6) is 5.75 Å². The maximum absolute atomic E-state index is 6.04. The highest BCUT2D eigenvalue weighted by molar-refractivity contribution is 5.50. The fourth-order valence-electron chi connectivity index (χ4n) is 4.52. The lowest BCUT2D eigenvalue weighted by molar-refractivity contribution is -0.173. The van der Waals surface area contributed by atoms with Crippen LogP contribution in [0.2, 0.25) is 0 Å². The van der Waals surface area contributed by atoms with E-state index in [2.05, 4.69) is 13.0 Å². The van der Waals surface area contributed by atoms with Gasteiger partial charge in [0.1, 0.15) is 5.75 Å². The van der Waals surface area contributed by atoms with Gasteiger partial charge in [0.05, 0.1) is 19.8 Å². The van der Waals surface area contributed by atoms with Gasteiger partial charge in [0, 0.05) is 24.6 Å². The van der Waals surface area contributed by atoms with Crippen LogP contribution < -0.4 is 10.5 Å². The van der Waals surface area contributed by atoms with Crippen LogP contribution in [-0.2, 0) is 9.47 Å². The second-order valence-electron chi connectivity index (χ2n) is 7.01. The highest BCUT2D eigenvalue weighted by Gasteiger charge is 2.45. The number of ether oxygens (including phenoxy) is 3. The van der Waals surface area contributed by atoms with E-state index in [1.807, 2.05) is 12.1 Å². The van der Waals surface area contributed by atoms with Gasteiger partial charge in [-0.25, -0.2) is 0 Å². The van der Waals surface area contributed by atoms with Crippen LogP contribution in [0.25, 0.3) is 0 Å². The van der Waals surface area contributed by atoms with Gasteiger partial charge in [-0.05, 0) is 42.2 Å². The molecule has 2 aliphatic heterocycles. The quantitative estimate of drug-likeness (QED) is 0.747. The van der Waals surface area contributed by atoms with Gasteiger partial charge < -0.3 is 19.9 Å². The highest BCUT2D eigenvalue weighted by atomic mass is 16.7. The summed E-state index contributed by atoms with van der Waals surface area (Å²) >= 11 is 0. The van der Waals surface area contributed by atoms with Crippen molar-refractivity contribution in [3.63, 3.8) is 0 Å². The minimum atomic E-state index is -0.341. The van der Waals surface area contributed by atoms with Crippen LogP contribution in [-0.4, -0.2) is 25.6 Å². The molecule has 1 saturated heterocycles. The van der Waals surface area contributed by atoms with E-state index >= 15 is 0 Å². The summed E-state index contributed by atoms with van der Waals surface area (Å²) in [6, 6.07) is 6.13. The molecule has 1 unspecified atom stereocenters. The number of rotatable bonds is 0. The Morgan fingerprint density at radius 3 is 2.77 bits per heavy atom. The van der Waals surface area contributed by atoms with Gasteiger partial charge >= 0.3 is 0 Å². The van der Waals surface area contributed by atoms with Gasteiger partial charge in [-0.3, -0.25) is 0 Å². The molecule has 2 N–H and O–H groups in total. The molecule has 1 spiro atoms. The first-order valence-electron chi connectivity index (χ1n) is 8.47. The molecule has 1 aliphatic carbocycles. The Kier molecular flexibility index (Phi) is 3.54. The molecule has 2 fully saturated rings. The zero-order valence-electron chi connectivity index (χ0n) is 13.2. The van der Waals surface area contributed by atoms with Crippen molar-refractivity contribution in [2.45, 2.75) is 44.3 Å². The Hall–Kier alpha value is -1.26. The summed E-state index contributed by atoms with van der Waals surface area (Å²) in [5.74, 6) is 2.31. The molecule has 4 heteroatoms. The Balaban J connectivity index is 1.71. The molecule has 120 valence electrons. The lowest BCUT2D eigenvalue weighted by atomic mass is 9.76. The zero-order chi connectivity index (χ0) is 15.2. The smallest absolute Gasteiger partial charge is 0.168 e. The van der Waals surface area contributed by atoms with Crippen LogP contribution in [0, 0.1) is 11.8 Å². The molecule has 2 bridgehead atoms. The lowest BCUT2D eigenvalue weighted by Crippen LogP contribution is -2.33. The van der Waals surface area contributed by atoms with Crippen LogP contribution >= 0.6 is 0 Å². The fourth-order valence-corrected chi connectivity index (χ4v) is 4.52. The summed E-state index contributed by atoms with van der Waals surface area (Å²) in [6.45, 7) is 4.59. The van der Waals surface area contributed by atoms with E-state index in [4.69, 9.17) is 19.9 Å². The first-order valence-corrected chi connectivity index (χ1v) is 8.47. The normalized spacial score (nSPS) is 33.4. The first kappa shape index (κ1) is 14.3. The predicted octanol–water partition coefficient (Wildman–Crippen LogP) is 3.31. The van der Waals surface area contributed by atoms with E-state index in [1.165, 1.54) is 5.56 Å². The van der Waals surface area contributed by atoms with Crippen molar-refractivity contribution < 1.29 is 14.2 Å². The van der Waals surface area contributed by atoms with E-state index in [0.29, 0.717) is 17.8 Å². The minimum Gasteiger partial charge on any atom is -0.493 e. The molecular weight excluding hydrogens is 278 g/mol. The minimum absolute atomic E-state index is 0.341. The predicted molar refractivity (Wildman–Crippen MR) is 84.8 cm³/mol. The average molecular weight is 303 g/mol. The summed E-state index contributed by atoms with van der Waals surface area (Å²) in [5.41, 5.74) is 8.02. The van der Waals surface area contributed by atoms with Gasteiger partial charge in [-0.1, -0.05) is 13.0 Å². The van der Waals surface area contributed by atoms with Gasteiger partial charge in [-0.15, -0.1) is 0 Å². The Bertz CT molecular complexity index is 553. The molecule has 3 aliphatic rings. The van der Waals surface area contributed by atoms with Crippen molar-refractivity contribution in [1.82, 2.24) is 0 Å². The van der Waals surface area contributed by atoms with Crippen molar-refractivity contribution in [3.05, 3.63) is 23.8 Å². The monoisotopic (exact) mass is 303 g/mol. The second kappa shape index (κ2) is 5.43. The number of hydrogen-bond donors (Lipinski definition) is 1. The van der Waals surface area contributed by atoms with Crippen molar-refractivity contribution >= 4 is 5.69 Å². The number of hydrogen-bond acceptors (Lipinski definition) is 4. The molecule has 3 atom stereocenters. The molecule has 1 saturated carbocycles. The maximum Gasteiger partial charge on any atom is 0.168 e. The van der Waals surface area contributed by atoms with Crippen molar-refractivity contribution in [2.24, 2.45) is 11.8 Å². The largest absolute Gasteiger partial charge is 0.493 e. The van der Waals surface area contributed by atoms with Crippen molar-refractivity contribution in [3.8, 4) is 5.75 Å². The molecule has 2 heterocycles. The average Bonchev–Trinajstić information content (AvgIpc) is 2.89. The topological polar surface area (TPSA) is 53.7 Å². The first-order chi connectivity index (χ1) is 10.7. The second-order valence-corrected chi connectivity index (χ2v) is 7.01. The third-order valence-electron chi connectivity index (χ3n) is 5.78. The molecule has 22 heavy (non-hydrogen) atoms. The Morgan fingerprint density at radius 2 is 1.95 bits per heavy atom. The SMILES string of the molecule is CC1[C@H]2CCOc3cc(N)ccc3[C@H]1CCC1(C2)OCCO1. The van der Waals surface area contributed by atoms with Crippen LogP contribution in [0.1, 0.15) is 44.1 Å². The van der Waals surface area contributed by atoms with Crippen molar-refractivity contribution in [1.29, 1.82) is 0 Å². The molecule has 4 nitrogen and oxygen atoms in total. The molecule has 0 aromatic heterocycles. The van der Waals surface area contributed by atoms with E-state index < -0.39 is 0 Å². The Morgan fingerprint density at radius 1 is 1.14 bits per heavy atom. The molecule has 4 rings (SSSR count).